The lowest BCUT2D eigenvalue weighted by atomic mass is 9.83. The van der Waals surface area contributed by atoms with Gasteiger partial charge in [0.1, 0.15) is 0 Å². The quantitative estimate of drug-likeness (QED) is 0.138. The lowest BCUT2D eigenvalue weighted by molar-refractivity contribution is 1.18. The van der Waals surface area contributed by atoms with Crippen molar-refractivity contribution in [1.29, 1.82) is 0 Å². The Kier molecular flexibility index (Phi) is 11.0. The van der Waals surface area contributed by atoms with Crippen molar-refractivity contribution < 1.29 is 0 Å². The van der Waals surface area contributed by atoms with E-state index < -0.39 is 0 Å². The molecule has 0 saturated carbocycles. The summed E-state index contributed by atoms with van der Waals surface area (Å²) in [4.78, 5) is 16.4. The van der Waals surface area contributed by atoms with Gasteiger partial charge in [0.05, 0.1) is 22.8 Å². The lowest BCUT2D eigenvalue weighted by Gasteiger charge is -2.23. The standard InChI is InChI=1S/C63H43N3/c1-7-22-44(23-8-1)50-34-19-36-52(40-50)56-43-57(65-63(64-56)55-39-20-35-51(41-55)45-24-9-2-10-25-45)53-37-21-38-54(42-53)58-59(46-26-11-3-12-27-46)61(48-30-15-5-16-31-48)66-62(49-32-17-6-18-33-49)60(58)47-28-13-4-14-29-47/h1-43H. The van der Waals surface area contributed by atoms with Gasteiger partial charge in [-0.1, -0.05) is 237 Å². The number of benzene rings is 9. The fourth-order valence-electron chi connectivity index (χ4n) is 8.92. The van der Waals surface area contributed by atoms with E-state index in [2.05, 4.69) is 255 Å². The fraction of sp³-hybridized carbons (Fsp3) is 0. The zero-order valence-electron chi connectivity index (χ0n) is 36.2. The van der Waals surface area contributed by atoms with Crippen LogP contribution in [0.3, 0.4) is 0 Å². The molecule has 0 aliphatic heterocycles. The maximum absolute atomic E-state index is 5.66. The first kappa shape index (κ1) is 40.0. The normalized spacial score (nSPS) is 11.0. The molecule has 0 aliphatic rings. The minimum atomic E-state index is 0.660. The Morgan fingerprint density at radius 2 is 0.485 bits per heavy atom. The molecule has 9 aromatic carbocycles. The Labute approximate surface area is 386 Å². The molecule has 0 fully saturated rings. The first-order valence-corrected chi connectivity index (χ1v) is 22.3. The summed E-state index contributed by atoms with van der Waals surface area (Å²) in [7, 11) is 0. The summed E-state index contributed by atoms with van der Waals surface area (Å²) in [6.45, 7) is 0. The van der Waals surface area contributed by atoms with Crippen molar-refractivity contribution in [3.05, 3.63) is 261 Å². The van der Waals surface area contributed by atoms with Gasteiger partial charge in [0.15, 0.2) is 5.82 Å². The second kappa shape index (κ2) is 18.1. The Bertz CT molecular complexity index is 3230. The van der Waals surface area contributed by atoms with E-state index in [0.29, 0.717) is 5.82 Å². The zero-order chi connectivity index (χ0) is 44.1. The molecule has 2 heterocycles. The lowest BCUT2D eigenvalue weighted by Crippen LogP contribution is -2.02. The molecule has 3 nitrogen and oxygen atoms in total. The van der Waals surface area contributed by atoms with Gasteiger partial charge in [0.25, 0.3) is 0 Å². The molecule has 0 radical (unpaired) electrons. The van der Waals surface area contributed by atoms with E-state index in [1.54, 1.807) is 0 Å². The molecule has 0 aliphatic carbocycles. The SMILES string of the molecule is c1ccc(-c2cccc(-c3cc(-c4cccc(-c5c(-c6ccccc6)c(-c6ccccc6)nc(-c6ccccc6)c5-c5ccccc5)c4)nc(-c4cccc(-c5ccccc5)c4)n3)c2)cc1. The molecule has 2 aromatic heterocycles. The Morgan fingerprint density at radius 3 is 0.909 bits per heavy atom. The molecule has 0 spiro atoms. The molecular weight excluding hydrogens is 799 g/mol. The highest BCUT2D eigenvalue weighted by molar-refractivity contribution is 6.05. The highest BCUT2D eigenvalue weighted by atomic mass is 14.9. The van der Waals surface area contributed by atoms with E-state index >= 15 is 0 Å². The molecule has 310 valence electrons. The van der Waals surface area contributed by atoms with Gasteiger partial charge in [-0.15, -0.1) is 0 Å². The predicted octanol–water partition coefficient (Wildman–Crippen LogP) is 16.5. The van der Waals surface area contributed by atoms with E-state index in [0.717, 1.165) is 106 Å². The van der Waals surface area contributed by atoms with Crippen molar-refractivity contribution in [3.63, 3.8) is 0 Å². The number of rotatable bonds is 10. The molecule has 11 aromatic rings. The van der Waals surface area contributed by atoms with Crippen LogP contribution in [-0.2, 0) is 0 Å². The van der Waals surface area contributed by atoms with Crippen molar-refractivity contribution in [3.8, 4) is 112 Å². The number of pyridine rings is 1. The minimum Gasteiger partial charge on any atom is -0.246 e. The molecule has 0 saturated heterocycles. The molecule has 0 N–H and O–H groups in total. The highest BCUT2D eigenvalue weighted by Gasteiger charge is 2.25. The average molecular weight is 842 g/mol. The fourth-order valence-corrected chi connectivity index (χ4v) is 8.92. The zero-order valence-corrected chi connectivity index (χ0v) is 36.2. The highest BCUT2D eigenvalue weighted by Crippen LogP contribution is 2.49. The van der Waals surface area contributed by atoms with Crippen molar-refractivity contribution >= 4 is 0 Å². The maximum Gasteiger partial charge on any atom is 0.160 e. The third-order valence-electron chi connectivity index (χ3n) is 12.1. The van der Waals surface area contributed by atoms with Crippen LogP contribution in [0.15, 0.2) is 261 Å². The largest absolute Gasteiger partial charge is 0.246 e. The van der Waals surface area contributed by atoms with Crippen LogP contribution in [0.4, 0.5) is 0 Å². The Morgan fingerprint density at radius 1 is 0.182 bits per heavy atom. The summed E-state index contributed by atoms with van der Waals surface area (Å²) in [5, 5.41) is 0. The minimum absolute atomic E-state index is 0.660. The van der Waals surface area contributed by atoms with Gasteiger partial charge in [0, 0.05) is 44.5 Å². The van der Waals surface area contributed by atoms with Crippen molar-refractivity contribution in [2.24, 2.45) is 0 Å². The molecule has 66 heavy (non-hydrogen) atoms. The third-order valence-corrected chi connectivity index (χ3v) is 12.1. The van der Waals surface area contributed by atoms with Crippen molar-refractivity contribution in [1.82, 2.24) is 15.0 Å². The van der Waals surface area contributed by atoms with Gasteiger partial charge >= 0.3 is 0 Å². The maximum atomic E-state index is 5.66. The van der Waals surface area contributed by atoms with Crippen molar-refractivity contribution in [2.75, 3.05) is 0 Å². The summed E-state index contributed by atoms with van der Waals surface area (Å²) >= 11 is 0. The summed E-state index contributed by atoms with van der Waals surface area (Å²) in [6, 6.07) is 91.7. The Balaban J connectivity index is 1.17. The van der Waals surface area contributed by atoms with Crippen LogP contribution in [0.5, 0.6) is 0 Å². The van der Waals surface area contributed by atoms with Crippen LogP contribution in [0.2, 0.25) is 0 Å². The summed E-state index contributed by atoms with van der Waals surface area (Å²) in [5.41, 5.74) is 19.6. The number of aromatic nitrogens is 3. The van der Waals surface area contributed by atoms with Gasteiger partial charge < -0.3 is 0 Å². The van der Waals surface area contributed by atoms with Gasteiger partial charge in [0.2, 0.25) is 0 Å². The smallest absolute Gasteiger partial charge is 0.160 e. The average Bonchev–Trinajstić information content (AvgIpc) is 3.41. The van der Waals surface area contributed by atoms with Gasteiger partial charge in [-0.2, -0.15) is 0 Å². The summed E-state index contributed by atoms with van der Waals surface area (Å²) in [6.07, 6.45) is 0. The van der Waals surface area contributed by atoms with Crippen LogP contribution < -0.4 is 0 Å². The second-order valence-electron chi connectivity index (χ2n) is 16.3. The van der Waals surface area contributed by atoms with Crippen molar-refractivity contribution in [2.45, 2.75) is 0 Å². The molecule has 11 rings (SSSR count). The van der Waals surface area contributed by atoms with Crippen LogP contribution >= 0.6 is 0 Å². The van der Waals surface area contributed by atoms with E-state index in [1.807, 2.05) is 6.07 Å². The number of hydrogen-bond acceptors (Lipinski definition) is 3. The second-order valence-corrected chi connectivity index (χ2v) is 16.3. The molecule has 0 atom stereocenters. The molecule has 0 amide bonds. The van der Waals surface area contributed by atoms with E-state index in [9.17, 15) is 0 Å². The molecular formula is C63H43N3. The molecule has 0 bridgehead atoms. The number of hydrogen-bond donors (Lipinski definition) is 0. The van der Waals surface area contributed by atoms with Crippen LogP contribution in [0.25, 0.3) is 112 Å². The van der Waals surface area contributed by atoms with Gasteiger partial charge in [-0.3, -0.25) is 0 Å². The first-order chi connectivity index (χ1) is 32.7. The first-order valence-electron chi connectivity index (χ1n) is 22.3. The Hall–Kier alpha value is -8.79. The van der Waals surface area contributed by atoms with E-state index in [-0.39, 0.29) is 0 Å². The predicted molar refractivity (Wildman–Crippen MR) is 274 cm³/mol. The summed E-state index contributed by atoms with van der Waals surface area (Å²) in [5.74, 6) is 0.660. The van der Waals surface area contributed by atoms with Gasteiger partial charge in [-0.05, 0) is 63.2 Å². The van der Waals surface area contributed by atoms with Crippen LogP contribution in [-0.4, -0.2) is 15.0 Å². The third kappa shape index (κ3) is 8.14. The molecule has 0 unspecified atom stereocenters. The molecule has 3 heteroatoms. The van der Waals surface area contributed by atoms with E-state index in [1.165, 1.54) is 0 Å². The van der Waals surface area contributed by atoms with Crippen LogP contribution in [0.1, 0.15) is 0 Å². The van der Waals surface area contributed by atoms with Crippen LogP contribution in [0, 0.1) is 0 Å². The monoisotopic (exact) mass is 841 g/mol. The van der Waals surface area contributed by atoms with E-state index in [4.69, 9.17) is 15.0 Å². The van der Waals surface area contributed by atoms with Gasteiger partial charge in [-0.25, -0.2) is 15.0 Å². The topological polar surface area (TPSA) is 38.7 Å². The number of nitrogens with zero attached hydrogens (tertiary/aromatic N) is 3. The summed E-state index contributed by atoms with van der Waals surface area (Å²) < 4.78 is 0.